The van der Waals surface area contributed by atoms with Crippen molar-refractivity contribution in [2.45, 2.75) is 32.7 Å². The lowest BCUT2D eigenvalue weighted by Crippen LogP contribution is -2.31. The molecule has 1 fully saturated rings. The molecule has 0 atom stereocenters. The minimum atomic E-state index is -1.15. The number of hydrogen-bond acceptors (Lipinski definition) is 4. The summed E-state index contributed by atoms with van der Waals surface area (Å²) in [6, 6.07) is 4.34. The van der Waals surface area contributed by atoms with Gasteiger partial charge in [0.05, 0.1) is 23.5 Å². The van der Waals surface area contributed by atoms with E-state index in [0.717, 1.165) is 17.4 Å². The molecule has 2 N–H and O–H groups in total. The average Bonchev–Trinajstić information content (AvgIpc) is 3.47. The van der Waals surface area contributed by atoms with Crippen LogP contribution in [0.25, 0.3) is 0 Å². The fourth-order valence-corrected chi connectivity index (χ4v) is 2.75. The third-order valence-electron chi connectivity index (χ3n) is 4.50. The highest BCUT2D eigenvalue weighted by Crippen LogP contribution is 2.28. The van der Waals surface area contributed by atoms with Crippen LogP contribution >= 0.6 is 0 Å². The van der Waals surface area contributed by atoms with Crippen molar-refractivity contribution in [3.63, 3.8) is 0 Å². The average molecular weight is 389 g/mol. The van der Waals surface area contributed by atoms with Crippen molar-refractivity contribution in [3.05, 3.63) is 51.9 Å². The van der Waals surface area contributed by atoms with Gasteiger partial charge in [0.2, 0.25) is 5.82 Å². The number of nitrogens with zero attached hydrogens (tertiary/aromatic N) is 1. The summed E-state index contributed by atoms with van der Waals surface area (Å²) < 4.78 is 30.2. The number of aryl methyl sites for hydroxylation is 1. The quantitative estimate of drug-likeness (QED) is 0.532. The van der Waals surface area contributed by atoms with E-state index in [1.807, 2.05) is 6.92 Å². The molecule has 1 saturated carbocycles. The van der Waals surface area contributed by atoms with Crippen molar-refractivity contribution >= 4 is 30.6 Å². The van der Waals surface area contributed by atoms with Gasteiger partial charge in [0, 0.05) is 12.7 Å². The number of anilines is 2. The number of pyridine rings is 1. The summed E-state index contributed by atoms with van der Waals surface area (Å²) in [6.45, 7) is 2.45. The lowest BCUT2D eigenvalue weighted by Gasteiger charge is -2.16. The van der Waals surface area contributed by atoms with Crippen LogP contribution in [0.2, 0.25) is 0 Å². The molecule has 0 spiro atoms. The van der Waals surface area contributed by atoms with Crippen molar-refractivity contribution < 1.29 is 18.4 Å². The van der Waals surface area contributed by atoms with Crippen molar-refractivity contribution in [3.8, 4) is 0 Å². The van der Waals surface area contributed by atoms with Crippen LogP contribution in [-0.4, -0.2) is 24.9 Å². The number of carbonyl (C=O) groups is 1. The highest BCUT2D eigenvalue weighted by molar-refractivity contribution is 6.32. The largest absolute Gasteiger partial charge is 0.350 e. The molecular weight excluding hydrogens is 367 g/mol. The lowest BCUT2D eigenvalue weighted by atomic mass is 9.96. The fourth-order valence-electron chi connectivity index (χ4n) is 2.75. The maximum atomic E-state index is 14.8. The number of aromatic nitrogens is 1. The molecule has 3 rings (SSSR count). The summed E-state index contributed by atoms with van der Waals surface area (Å²) in [7, 11) is 1.72. The molecule has 0 unspecified atom stereocenters. The molecule has 0 radical (unpaired) electrons. The molecule has 1 aromatic heterocycles. The molecule has 1 heterocycles. The zero-order valence-electron chi connectivity index (χ0n) is 15.9. The van der Waals surface area contributed by atoms with Gasteiger partial charge in [0.15, 0.2) is 0 Å². The molecule has 1 aliphatic rings. The van der Waals surface area contributed by atoms with Gasteiger partial charge < -0.3 is 9.88 Å². The summed E-state index contributed by atoms with van der Waals surface area (Å²) in [5.74, 6) is -2.05. The monoisotopic (exact) mass is 389 g/mol. The van der Waals surface area contributed by atoms with E-state index in [1.54, 1.807) is 13.9 Å². The molecular formula is C19H22BF2N3O3. The number of halogens is 2. The van der Waals surface area contributed by atoms with Gasteiger partial charge in [-0.2, -0.15) is 4.39 Å². The lowest BCUT2D eigenvalue weighted by molar-refractivity contribution is 0.0270. The minimum absolute atomic E-state index is 0.0370. The Labute approximate surface area is 162 Å². The predicted octanol–water partition coefficient (Wildman–Crippen LogP) is 1.61. The Morgan fingerprint density at radius 3 is 2.75 bits per heavy atom. The Morgan fingerprint density at radius 2 is 2.11 bits per heavy atom. The minimum Gasteiger partial charge on any atom is -0.350 e. The number of hydrogen-bond donors (Lipinski definition) is 2. The fraction of sp³-hybridized carbons (Fsp3) is 0.368. The topological polar surface area (TPSA) is 72.4 Å². The van der Waals surface area contributed by atoms with Crippen LogP contribution in [0, 0.1) is 17.6 Å². The van der Waals surface area contributed by atoms with E-state index in [2.05, 4.69) is 10.8 Å². The van der Waals surface area contributed by atoms with E-state index < -0.39 is 23.1 Å². The zero-order chi connectivity index (χ0) is 20.3. The second-order valence-corrected chi connectivity index (χ2v) is 7.02. The summed E-state index contributed by atoms with van der Waals surface area (Å²) >= 11 is 0. The van der Waals surface area contributed by atoms with Crippen LogP contribution in [-0.2, 0) is 11.4 Å². The van der Waals surface area contributed by atoms with Crippen molar-refractivity contribution in [1.82, 2.24) is 10.0 Å². The van der Waals surface area contributed by atoms with Crippen LogP contribution in [0.4, 0.5) is 20.2 Å². The van der Waals surface area contributed by atoms with E-state index in [1.165, 1.54) is 18.3 Å². The van der Waals surface area contributed by atoms with Gasteiger partial charge in [-0.1, -0.05) is 18.5 Å². The van der Waals surface area contributed by atoms with Gasteiger partial charge >= 0.3 is 0 Å². The number of carbonyl (C=O) groups excluding carboxylic acids is 1. The van der Waals surface area contributed by atoms with Gasteiger partial charge in [-0.15, -0.1) is 0 Å². The SMILES string of the molecule is Bc1ccc(Nc2c(C(=O)NOCC3CC3)cn(CCC)c(=O)c2F)c(F)c1. The molecule has 2 aromatic rings. The smallest absolute Gasteiger partial charge is 0.288 e. The number of amides is 1. The molecule has 0 bridgehead atoms. The zero-order valence-corrected chi connectivity index (χ0v) is 15.9. The van der Waals surface area contributed by atoms with Gasteiger partial charge in [-0.25, -0.2) is 9.87 Å². The van der Waals surface area contributed by atoms with E-state index >= 15 is 0 Å². The summed E-state index contributed by atoms with van der Waals surface area (Å²) in [4.78, 5) is 30.0. The van der Waals surface area contributed by atoms with Gasteiger partial charge in [0.1, 0.15) is 13.7 Å². The molecule has 0 aliphatic heterocycles. The van der Waals surface area contributed by atoms with E-state index in [9.17, 15) is 18.4 Å². The number of benzene rings is 1. The Hall–Kier alpha value is -2.68. The molecule has 1 aromatic carbocycles. The Morgan fingerprint density at radius 1 is 1.36 bits per heavy atom. The standard InChI is InChI=1S/C19H22BF2N3O3/c1-2-7-25-9-13(18(26)24-28-10-11-3-4-11)17(16(22)19(25)27)23-15-6-5-12(20)8-14(15)21/h5-6,8-9,11,23H,2-4,7,10,20H2,1H3,(H,24,26). The second kappa shape index (κ2) is 8.56. The van der Waals surface area contributed by atoms with Crippen LogP contribution in [0.3, 0.4) is 0 Å². The van der Waals surface area contributed by atoms with Crippen molar-refractivity contribution in [1.29, 1.82) is 0 Å². The second-order valence-electron chi connectivity index (χ2n) is 7.02. The Bertz CT molecular complexity index is 945. The molecule has 1 aliphatic carbocycles. The molecule has 0 saturated heterocycles. The van der Waals surface area contributed by atoms with Crippen LogP contribution in [0.15, 0.2) is 29.2 Å². The van der Waals surface area contributed by atoms with Gasteiger partial charge in [-0.05, 0) is 37.3 Å². The highest BCUT2D eigenvalue weighted by atomic mass is 19.1. The van der Waals surface area contributed by atoms with E-state index in [4.69, 9.17) is 4.84 Å². The summed E-state index contributed by atoms with van der Waals surface area (Å²) in [5.41, 5.74) is 1.53. The number of nitrogens with one attached hydrogen (secondary N) is 2. The van der Waals surface area contributed by atoms with Crippen molar-refractivity contribution in [2.24, 2.45) is 5.92 Å². The first-order chi connectivity index (χ1) is 13.4. The van der Waals surface area contributed by atoms with E-state index in [-0.39, 0.29) is 23.5 Å². The molecule has 148 valence electrons. The third-order valence-corrected chi connectivity index (χ3v) is 4.50. The number of rotatable bonds is 8. The Balaban J connectivity index is 1.96. The summed E-state index contributed by atoms with van der Waals surface area (Å²) in [6.07, 6.45) is 3.94. The molecule has 28 heavy (non-hydrogen) atoms. The third kappa shape index (κ3) is 4.59. The first-order valence-electron chi connectivity index (χ1n) is 9.29. The van der Waals surface area contributed by atoms with Crippen LogP contribution in [0.5, 0.6) is 0 Å². The van der Waals surface area contributed by atoms with Crippen LogP contribution in [0.1, 0.15) is 36.5 Å². The first-order valence-corrected chi connectivity index (χ1v) is 9.29. The molecule has 6 nitrogen and oxygen atoms in total. The molecule has 1 amide bonds. The maximum absolute atomic E-state index is 14.8. The van der Waals surface area contributed by atoms with E-state index in [0.29, 0.717) is 24.4 Å². The van der Waals surface area contributed by atoms with Gasteiger partial charge in [-0.3, -0.25) is 14.4 Å². The summed E-state index contributed by atoms with van der Waals surface area (Å²) in [5, 5.41) is 2.56. The highest BCUT2D eigenvalue weighted by Gasteiger charge is 2.24. The first kappa shape index (κ1) is 20.1. The maximum Gasteiger partial charge on any atom is 0.288 e. The van der Waals surface area contributed by atoms with Crippen LogP contribution < -0.4 is 21.8 Å². The predicted molar refractivity (Wildman–Crippen MR) is 105 cm³/mol. The Kier molecular flexibility index (Phi) is 6.13. The van der Waals surface area contributed by atoms with Crippen molar-refractivity contribution in [2.75, 3.05) is 11.9 Å². The normalized spacial score (nSPS) is 13.4. The molecule has 9 heteroatoms. The van der Waals surface area contributed by atoms with Gasteiger partial charge in [0.25, 0.3) is 11.5 Å². The number of hydroxylamine groups is 1.